The maximum atomic E-state index is 12.3. The molecule has 0 aliphatic heterocycles. The van der Waals surface area contributed by atoms with Crippen LogP contribution in [-0.4, -0.2) is 25.5 Å². The summed E-state index contributed by atoms with van der Waals surface area (Å²) in [4.78, 5) is 11.4. The third-order valence-electron chi connectivity index (χ3n) is 3.87. The highest BCUT2D eigenvalue weighted by atomic mass is 35.5. The summed E-state index contributed by atoms with van der Waals surface area (Å²) in [6, 6.07) is 5.18. The molecule has 0 radical (unpaired) electrons. The summed E-state index contributed by atoms with van der Waals surface area (Å²) in [5, 5.41) is 9.74. The summed E-state index contributed by atoms with van der Waals surface area (Å²) >= 11 is 5.73. The molecule has 110 valence electrons. The molecule has 1 fully saturated rings. The number of carbonyl (C=O) groups is 1. The van der Waals surface area contributed by atoms with Crippen LogP contribution in [-0.2, 0) is 14.8 Å². The Labute approximate surface area is 123 Å². The highest BCUT2D eigenvalue weighted by Gasteiger charge is 2.46. The lowest BCUT2D eigenvalue weighted by Gasteiger charge is -2.27. The fourth-order valence-electron chi connectivity index (χ4n) is 2.48. The van der Waals surface area contributed by atoms with Crippen LogP contribution in [0.15, 0.2) is 29.2 Å². The molecular formula is C13H16ClNO4S. The predicted octanol–water partition coefficient (Wildman–Crippen LogP) is 2.26. The maximum absolute atomic E-state index is 12.3. The number of carboxylic acid groups (broad SMARTS) is 1. The molecule has 0 aromatic heterocycles. The third kappa shape index (κ3) is 2.82. The van der Waals surface area contributed by atoms with E-state index in [4.69, 9.17) is 11.6 Å². The summed E-state index contributed by atoms with van der Waals surface area (Å²) in [5.41, 5.74) is -1.06. The fourth-order valence-corrected chi connectivity index (χ4v) is 3.99. The Morgan fingerprint density at radius 2 is 2.00 bits per heavy atom. The van der Waals surface area contributed by atoms with E-state index in [2.05, 4.69) is 4.72 Å². The molecule has 1 aliphatic carbocycles. The maximum Gasteiger partial charge on any atom is 0.310 e. The van der Waals surface area contributed by atoms with Gasteiger partial charge in [0.05, 0.1) is 10.3 Å². The lowest BCUT2D eigenvalue weighted by molar-refractivity contribution is -0.148. The molecule has 0 spiro atoms. The minimum absolute atomic E-state index is 0.0848. The number of rotatable bonds is 4. The molecular weight excluding hydrogens is 302 g/mol. The molecule has 0 bridgehead atoms. The second-order valence-corrected chi connectivity index (χ2v) is 7.39. The number of halogens is 1. The van der Waals surface area contributed by atoms with Crippen LogP contribution in [0.5, 0.6) is 0 Å². The predicted molar refractivity (Wildman–Crippen MR) is 75.2 cm³/mol. The van der Waals surface area contributed by atoms with E-state index in [-0.39, 0.29) is 4.90 Å². The first kappa shape index (κ1) is 15.3. The molecule has 2 atom stereocenters. The summed E-state index contributed by atoms with van der Waals surface area (Å²) in [5.74, 6) is -0.973. The molecule has 0 amide bonds. The van der Waals surface area contributed by atoms with Gasteiger partial charge < -0.3 is 5.11 Å². The number of nitrogens with one attached hydrogen (secondary N) is 1. The van der Waals surface area contributed by atoms with Crippen molar-refractivity contribution in [2.24, 2.45) is 5.41 Å². The van der Waals surface area contributed by atoms with Gasteiger partial charge >= 0.3 is 5.97 Å². The number of benzene rings is 1. The van der Waals surface area contributed by atoms with Gasteiger partial charge in [0.2, 0.25) is 10.0 Å². The van der Waals surface area contributed by atoms with Gasteiger partial charge in [-0.3, -0.25) is 4.79 Å². The van der Waals surface area contributed by atoms with Crippen molar-refractivity contribution < 1.29 is 18.3 Å². The molecule has 2 rings (SSSR count). The van der Waals surface area contributed by atoms with Crippen molar-refractivity contribution in [3.05, 3.63) is 29.3 Å². The van der Waals surface area contributed by atoms with E-state index in [1.54, 1.807) is 6.92 Å². The van der Waals surface area contributed by atoms with Crippen LogP contribution >= 0.6 is 11.6 Å². The Balaban J connectivity index is 2.24. The topological polar surface area (TPSA) is 83.5 Å². The smallest absolute Gasteiger partial charge is 0.310 e. The Morgan fingerprint density at radius 1 is 1.40 bits per heavy atom. The minimum Gasteiger partial charge on any atom is -0.481 e. The normalized spacial score (nSPS) is 26.6. The van der Waals surface area contributed by atoms with Crippen LogP contribution in [0.4, 0.5) is 0 Å². The summed E-state index contributed by atoms with van der Waals surface area (Å²) in [6.07, 6.45) is 1.68. The first-order valence-electron chi connectivity index (χ1n) is 6.27. The number of hydrogen-bond acceptors (Lipinski definition) is 3. The quantitative estimate of drug-likeness (QED) is 0.892. The van der Waals surface area contributed by atoms with Gasteiger partial charge in [-0.15, -0.1) is 0 Å². The molecule has 0 heterocycles. The molecule has 2 N–H and O–H groups in total. The van der Waals surface area contributed by atoms with Gasteiger partial charge in [0.25, 0.3) is 0 Å². The number of carboxylic acids is 1. The number of sulfonamides is 1. The zero-order valence-corrected chi connectivity index (χ0v) is 12.5. The van der Waals surface area contributed by atoms with Gasteiger partial charge in [-0.25, -0.2) is 13.1 Å². The molecule has 1 aliphatic rings. The average Bonchev–Trinajstić information content (AvgIpc) is 2.72. The van der Waals surface area contributed by atoms with Gasteiger partial charge in [-0.05, 0) is 44.0 Å². The second-order valence-electron chi connectivity index (χ2n) is 5.24. The third-order valence-corrected chi connectivity index (χ3v) is 5.61. The Morgan fingerprint density at radius 3 is 2.55 bits per heavy atom. The van der Waals surface area contributed by atoms with Crippen molar-refractivity contribution in [1.82, 2.24) is 4.72 Å². The summed E-state index contributed by atoms with van der Waals surface area (Å²) in [7, 11) is -3.74. The molecule has 7 heteroatoms. The van der Waals surface area contributed by atoms with Crippen LogP contribution in [0.25, 0.3) is 0 Å². The zero-order chi connectivity index (χ0) is 15.0. The lowest BCUT2D eigenvalue weighted by atomic mass is 9.85. The van der Waals surface area contributed by atoms with Crippen molar-refractivity contribution in [2.45, 2.75) is 37.1 Å². The Bertz CT molecular complexity index is 614. The Hall–Kier alpha value is -1.11. The van der Waals surface area contributed by atoms with Crippen LogP contribution in [0.1, 0.15) is 26.2 Å². The summed E-state index contributed by atoms with van der Waals surface area (Å²) in [6.45, 7) is 1.58. The van der Waals surface area contributed by atoms with Gasteiger partial charge in [0, 0.05) is 11.1 Å². The van der Waals surface area contributed by atoms with Gasteiger partial charge in [-0.2, -0.15) is 0 Å². The van der Waals surface area contributed by atoms with Crippen molar-refractivity contribution in [3.63, 3.8) is 0 Å². The highest BCUT2D eigenvalue weighted by molar-refractivity contribution is 7.89. The molecule has 1 aromatic carbocycles. The highest BCUT2D eigenvalue weighted by Crippen LogP contribution is 2.38. The van der Waals surface area contributed by atoms with Gasteiger partial charge in [0.1, 0.15) is 0 Å². The molecule has 0 saturated heterocycles. The van der Waals surface area contributed by atoms with E-state index in [0.717, 1.165) is 0 Å². The molecule has 1 saturated carbocycles. The van der Waals surface area contributed by atoms with Crippen molar-refractivity contribution in [3.8, 4) is 0 Å². The SMILES string of the molecule is CC1(C(=O)O)CCCC1NS(=O)(=O)c1ccc(Cl)cc1. The van der Waals surface area contributed by atoms with Gasteiger partial charge in [0.15, 0.2) is 0 Å². The van der Waals surface area contributed by atoms with Crippen LogP contribution in [0, 0.1) is 5.41 Å². The summed E-state index contributed by atoms with van der Waals surface area (Å²) < 4.78 is 27.0. The average molecular weight is 318 g/mol. The fraction of sp³-hybridized carbons (Fsp3) is 0.462. The molecule has 5 nitrogen and oxygen atoms in total. The molecule has 2 unspecified atom stereocenters. The van der Waals surface area contributed by atoms with Crippen molar-refractivity contribution in [1.29, 1.82) is 0 Å². The standard InChI is InChI=1S/C13H16ClNO4S/c1-13(12(16)17)8-2-3-11(13)15-20(18,19)10-6-4-9(14)5-7-10/h4-7,11,15H,2-3,8H2,1H3,(H,16,17). The van der Waals surface area contributed by atoms with E-state index in [1.807, 2.05) is 0 Å². The first-order chi connectivity index (χ1) is 9.25. The van der Waals surface area contributed by atoms with Crippen molar-refractivity contribution >= 4 is 27.6 Å². The van der Waals surface area contributed by atoms with Crippen molar-refractivity contribution in [2.75, 3.05) is 0 Å². The zero-order valence-electron chi connectivity index (χ0n) is 11.0. The molecule has 20 heavy (non-hydrogen) atoms. The van der Waals surface area contributed by atoms with E-state index in [9.17, 15) is 18.3 Å². The monoisotopic (exact) mass is 317 g/mol. The molecule has 1 aromatic rings. The minimum atomic E-state index is -3.74. The van der Waals surface area contributed by atoms with Crippen LogP contribution < -0.4 is 4.72 Å². The van der Waals surface area contributed by atoms with Crippen LogP contribution in [0.2, 0.25) is 5.02 Å². The largest absolute Gasteiger partial charge is 0.481 e. The van der Waals surface area contributed by atoms with Crippen LogP contribution in [0.3, 0.4) is 0 Å². The van der Waals surface area contributed by atoms with E-state index in [0.29, 0.717) is 24.3 Å². The van der Waals surface area contributed by atoms with Gasteiger partial charge in [-0.1, -0.05) is 18.0 Å². The van der Waals surface area contributed by atoms with E-state index < -0.39 is 27.4 Å². The van der Waals surface area contributed by atoms with E-state index in [1.165, 1.54) is 24.3 Å². The first-order valence-corrected chi connectivity index (χ1v) is 8.13. The van der Waals surface area contributed by atoms with E-state index >= 15 is 0 Å². The number of hydrogen-bond donors (Lipinski definition) is 2. The number of aliphatic carboxylic acids is 1. The Kier molecular flexibility index (Phi) is 4.09. The lowest BCUT2D eigenvalue weighted by Crippen LogP contribution is -2.46. The second kappa shape index (κ2) is 5.35.